The molecule has 0 aliphatic carbocycles. The molecule has 1 amide bonds. The monoisotopic (exact) mass is 263 g/mol. The molecule has 4 nitrogen and oxygen atoms in total. The summed E-state index contributed by atoms with van der Waals surface area (Å²) >= 11 is 1.50. The molecular weight excluding hydrogens is 246 g/mol. The van der Waals surface area contributed by atoms with E-state index in [2.05, 4.69) is 10.3 Å². The Bertz CT molecular complexity index is 503. The van der Waals surface area contributed by atoms with Crippen LogP contribution in [-0.2, 0) is 4.79 Å². The lowest BCUT2D eigenvalue weighted by Crippen LogP contribution is -2.16. The first-order chi connectivity index (χ1) is 8.65. The SMILES string of the molecule is CC(N)CCCC(=O)Nc1nc2ccccc2s1. The second-order valence-electron chi connectivity index (χ2n) is 4.40. The predicted molar refractivity (Wildman–Crippen MR) is 75.8 cm³/mol. The van der Waals surface area contributed by atoms with Crippen molar-refractivity contribution < 1.29 is 4.79 Å². The summed E-state index contributed by atoms with van der Waals surface area (Å²) in [5, 5.41) is 3.50. The van der Waals surface area contributed by atoms with Crippen molar-refractivity contribution in [2.24, 2.45) is 5.73 Å². The molecule has 0 saturated heterocycles. The molecule has 2 rings (SSSR count). The molecule has 0 aliphatic rings. The number of benzene rings is 1. The number of nitrogens with one attached hydrogen (secondary N) is 1. The second-order valence-corrected chi connectivity index (χ2v) is 5.44. The number of para-hydroxylation sites is 1. The molecule has 0 aliphatic heterocycles. The summed E-state index contributed by atoms with van der Waals surface area (Å²) in [6.07, 6.45) is 2.18. The average Bonchev–Trinajstić information content (AvgIpc) is 2.70. The van der Waals surface area contributed by atoms with Crippen LogP contribution in [0.3, 0.4) is 0 Å². The first kappa shape index (κ1) is 13.0. The minimum absolute atomic E-state index is 0.00899. The molecule has 0 spiro atoms. The number of amides is 1. The lowest BCUT2D eigenvalue weighted by Gasteiger charge is -2.04. The molecule has 1 unspecified atom stereocenters. The van der Waals surface area contributed by atoms with E-state index >= 15 is 0 Å². The highest BCUT2D eigenvalue weighted by Crippen LogP contribution is 2.25. The number of hydrogen-bond acceptors (Lipinski definition) is 4. The van der Waals surface area contributed by atoms with E-state index < -0.39 is 0 Å². The molecule has 0 radical (unpaired) electrons. The Morgan fingerprint density at radius 2 is 2.28 bits per heavy atom. The summed E-state index contributed by atoms with van der Waals surface area (Å²) in [6, 6.07) is 8.00. The van der Waals surface area contributed by atoms with Crippen LogP contribution in [0.5, 0.6) is 0 Å². The number of rotatable bonds is 5. The van der Waals surface area contributed by atoms with Gasteiger partial charge in [0, 0.05) is 12.5 Å². The van der Waals surface area contributed by atoms with Crippen molar-refractivity contribution in [3.63, 3.8) is 0 Å². The zero-order valence-corrected chi connectivity index (χ0v) is 11.2. The van der Waals surface area contributed by atoms with Crippen LogP contribution in [-0.4, -0.2) is 16.9 Å². The number of aromatic nitrogens is 1. The van der Waals surface area contributed by atoms with Crippen LogP contribution in [0, 0.1) is 0 Å². The average molecular weight is 263 g/mol. The van der Waals surface area contributed by atoms with Crippen molar-refractivity contribution in [1.82, 2.24) is 4.98 Å². The van der Waals surface area contributed by atoms with Gasteiger partial charge in [-0.2, -0.15) is 0 Å². The molecular formula is C13H17N3OS. The van der Waals surface area contributed by atoms with Gasteiger partial charge in [-0.05, 0) is 31.9 Å². The van der Waals surface area contributed by atoms with Crippen molar-refractivity contribution in [2.75, 3.05) is 5.32 Å². The number of nitrogens with two attached hydrogens (primary N) is 1. The molecule has 0 saturated carbocycles. The second kappa shape index (κ2) is 5.93. The van der Waals surface area contributed by atoms with Crippen LogP contribution in [0.1, 0.15) is 26.2 Å². The molecule has 1 aromatic heterocycles. The number of thiazole rings is 1. The van der Waals surface area contributed by atoms with Gasteiger partial charge in [0.1, 0.15) is 0 Å². The molecule has 5 heteroatoms. The van der Waals surface area contributed by atoms with Crippen molar-refractivity contribution in [1.29, 1.82) is 0 Å². The van der Waals surface area contributed by atoms with E-state index in [1.165, 1.54) is 11.3 Å². The third-order valence-electron chi connectivity index (χ3n) is 2.60. The van der Waals surface area contributed by atoms with Crippen molar-refractivity contribution in [3.8, 4) is 0 Å². The Kier molecular flexibility index (Phi) is 4.28. The molecule has 0 bridgehead atoms. The van der Waals surface area contributed by atoms with Gasteiger partial charge in [-0.1, -0.05) is 23.5 Å². The number of anilines is 1. The van der Waals surface area contributed by atoms with Gasteiger partial charge in [0.25, 0.3) is 0 Å². The van der Waals surface area contributed by atoms with Crippen LogP contribution < -0.4 is 11.1 Å². The van der Waals surface area contributed by atoms with E-state index in [-0.39, 0.29) is 11.9 Å². The van der Waals surface area contributed by atoms with Crippen LogP contribution in [0.2, 0.25) is 0 Å². The predicted octanol–water partition coefficient (Wildman–Crippen LogP) is 2.75. The molecule has 3 N–H and O–H groups in total. The summed E-state index contributed by atoms with van der Waals surface area (Å²) < 4.78 is 1.09. The molecule has 1 heterocycles. The highest BCUT2D eigenvalue weighted by molar-refractivity contribution is 7.22. The smallest absolute Gasteiger partial charge is 0.226 e. The standard InChI is InChI=1S/C13H17N3OS/c1-9(14)5-4-8-12(17)16-13-15-10-6-2-3-7-11(10)18-13/h2-3,6-7,9H,4-5,8,14H2,1H3,(H,15,16,17). The van der Waals surface area contributed by atoms with E-state index in [1.54, 1.807) is 0 Å². The Labute approximate surface area is 110 Å². The fourth-order valence-electron chi connectivity index (χ4n) is 1.69. The first-order valence-electron chi connectivity index (χ1n) is 6.06. The van der Waals surface area contributed by atoms with Crippen LogP contribution in [0.15, 0.2) is 24.3 Å². The summed E-state index contributed by atoms with van der Waals surface area (Å²) in [5.74, 6) is 0.00899. The summed E-state index contributed by atoms with van der Waals surface area (Å²) in [4.78, 5) is 16.0. The minimum atomic E-state index is 0.00899. The highest BCUT2D eigenvalue weighted by Gasteiger charge is 2.07. The zero-order valence-electron chi connectivity index (χ0n) is 10.3. The van der Waals surface area contributed by atoms with Gasteiger partial charge in [0.2, 0.25) is 5.91 Å². The van der Waals surface area contributed by atoms with Crippen molar-refractivity contribution in [2.45, 2.75) is 32.2 Å². The van der Waals surface area contributed by atoms with Gasteiger partial charge < -0.3 is 11.1 Å². The normalized spacial score (nSPS) is 12.6. The van der Waals surface area contributed by atoms with Crippen molar-refractivity contribution in [3.05, 3.63) is 24.3 Å². The fourth-order valence-corrected chi connectivity index (χ4v) is 2.57. The van der Waals surface area contributed by atoms with E-state index in [0.717, 1.165) is 23.1 Å². The number of carbonyl (C=O) groups is 1. The Morgan fingerprint density at radius 3 is 3.00 bits per heavy atom. The molecule has 18 heavy (non-hydrogen) atoms. The van der Waals surface area contributed by atoms with E-state index in [1.807, 2.05) is 31.2 Å². The van der Waals surface area contributed by atoms with Crippen molar-refractivity contribution >= 4 is 32.6 Å². The molecule has 2 aromatic rings. The van der Waals surface area contributed by atoms with Crippen LogP contribution >= 0.6 is 11.3 Å². The highest BCUT2D eigenvalue weighted by atomic mass is 32.1. The van der Waals surface area contributed by atoms with Gasteiger partial charge in [0.15, 0.2) is 5.13 Å². The van der Waals surface area contributed by atoms with E-state index in [0.29, 0.717) is 11.6 Å². The Balaban J connectivity index is 1.90. The number of hydrogen-bond donors (Lipinski definition) is 2. The number of carbonyl (C=O) groups excluding carboxylic acids is 1. The Hall–Kier alpha value is -1.46. The summed E-state index contributed by atoms with van der Waals surface area (Å²) in [7, 11) is 0. The number of nitrogens with zero attached hydrogens (tertiary/aromatic N) is 1. The summed E-state index contributed by atoms with van der Waals surface area (Å²) in [6.45, 7) is 1.95. The van der Waals surface area contributed by atoms with Gasteiger partial charge in [-0.3, -0.25) is 4.79 Å². The molecule has 0 fully saturated rings. The van der Waals surface area contributed by atoms with Gasteiger partial charge in [0.05, 0.1) is 10.2 Å². The third kappa shape index (κ3) is 3.51. The quantitative estimate of drug-likeness (QED) is 0.871. The van der Waals surface area contributed by atoms with Crippen LogP contribution in [0.4, 0.5) is 5.13 Å². The third-order valence-corrected chi connectivity index (χ3v) is 3.56. The van der Waals surface area contributed by atoms with Gasteiger partial charge in [-0.25, -0.2) is 4.98 Å². The topological polar surface area (TPSA) is 68.0 Å². The number of fused-ring (bicyclic) bond motifs is 1. The largest absolute Gasteiger partial charge is 0.328 e. The van der Waals surface area contributed by atoms with Gasteiger partial charge >= 0.3 is 0 Å². The molecule has 1 atom stereocenters. The molecule has 96 valence electrons. The Morgan fingerprint density at radius 1 is 1.50 bits per heavy atom. The first-order valence-corrected chi connectivity index (χ1v) is 6.88. The zero-order chi connectivity index (χ0) is 13.0. The summed E-state index contributed by atoms with van der Waals surface area (Å²) in [5.41, 5.74) is 6.56. The van der Waals surface area contributed by atoms with Crippen LogP contribution in [0.25, 0.3) is 10.2 Å². The van der Waals surface area contributed by atoms with E-state index in [9.17, 15) is 4.79 Å². The fraction of sp³-hybridized carbons (Fsp3) is 0.385. The maximum atomic E-state index is 11.7. The van der Waals surface area contributed by atoms with E-state index in [4.69, 9.17) is 5.73 Å². The van der Waals surface area contributed by atoms with Gasteiger partial charge in [-0.15, -0.1) is 0 Å². The lowest BCUT2D eigenvalue weighted by atomic mass is 10.1. The minimum Gasteiger partial charge on any atom is -0.328 e. The molecule has 1 aromatic carbocycles. The maximum Gasteiger partial charge on any atom is 0.226 e. The maximum absolute atomic E-state index is 11.7. The lowest BCUT2D eigenvalue weighted by molar-refractivity contribution is -0.116.